The van der Waals surface area contributed by atoms with Crippen molar-refractivity contribution in [3.63, 3.8) is 0 Å². The quantitative estimate of drug-likeness (QED) is 0.100. The highest BCUT2D eigenvalue weighted by molar-refractivity contribution is 5.95. The molecule has 0 aliphatic heterocycles. The van der Waals surface area contributed by atoms with Crippen molar-refractivity contribution < 1.29 is 85.6 Å². The lowest BCUT2D eigenvalue weighted by molar-refractivity contribution is -0.275. The van der Waals surface area contributed by atoms with Crippen LogP contribution in [0.15, 0.2) is 78.9 Å². The van der Waals surface area contributed by atoms with E-state index in [0.717, 1.165) is 6.07 Å². The van der Waals surface area contributed by atoms with E-state index >= 15 is 4.39 Å². The zero-order chi connectivity index (χ0) is 44.2. The van der Waals surface area contributed by atoms with Crippen molar-refractivity contribution in [2.45, 2.75) is 62.7 Å². The lowest BCUT2D eigenvalue weighted by Gasteiger charge is -2.37. The molecule has 1 fully saturated rings. The number of nitrogens with one attached hydrogen (secondary N) is 1. The molecule has 0 spiro atoms. The van der Waals surface area contributed by atoms with Gasteiger partial charge in [0.25, 0.3) is 5.91 Å². The number of esters is 1. The van der Waals surface area contributed by atoms with E-state index < -0.39 is 94.1 Å². The predicted molar refractivity (Wildman–Crippen MR) is 184 cm³/mol. The molecule has 0 aromatic heterocycles. The molecule has 4 aromatic rings. The van der Waals surface area contributed by atoms with Crippen LogP contribution in [-0.4, -0.2) is 44.5 Å². The van der Waals surface area contributed by atoms with Crippen molar-refractivity contribution in [1.29, 1.82) is 0 Å². The predicted octanol–water partition coefficient (Wildman–Crippen LogP) is 10.5. The topological polar surface area (TPSA) is 83.1 Å². The smallest absolute Gasteiger partial charge is 0.493 e. The molecule has 0 saturated heterocycles. The van der Waals surface area contributed by atoms with Crippen LogP contribution in [0.3, 0.4) is 0 Å². The fourth-order valence-electron chi connectivity index (χ4n) is 6.71. The Labute approximate surface area is 332 Å². The zero-order valence-electron chi connectivity index (χ0n) is 30.8. The number of hydrogen-bond acceptors (Lipinski definition) is 6. The van der Waals surface area contributed by atoms with Gasteiger partial charge in [-0.2, -0.15) is 30.7 Å². The largest absolute Gasteiger partial charge is 0.573 e. The maximum Gasteiger partial charge on any atom is 0.573 e. The van der Waals surface area contributed by atoms with Gasteiger partial charge in [0.1, 0.15) is 23.1 Å². The SMILES string of the molecule is COC(=O)[C@H]1CC[C@H](COc2ccc(C[C@](NC(=O)c3ccc(F)c(C(F)(F)F)c3)(c3cc(F)cc(OC(F)(F)C(F)F)c3)c3ccc(F)c(OC(F)(F)F)c3)cc2)CC1. The number of hydrogen-bond donors (Lipinski definition) is 1. The molecule has 1 N–H and O–H groups in total. The Balaban J connectivity index is 1.63. The molecule has 4 aromatic carbocycles. The van der Waals surface area contributed by atoms with Gasteiger partial charge in [0.15, 0.2) is 11.6 Å². The number of ether oxygens (including phenoxy) is 4. The van der Waals surface area contributed by atoms with Crippen molar-refractivity contribution in [2.24, 2.45) is 11.8 Å². The summed E-state index contributed by atoms with van der Waals surface area (Å²) in [6.07, 6.45) is -19.0. The van der Waals surface area contributed by atoms with Crippen LogP contribution < -0.4 is 19.5 Å². The molecular weight excluding hydrogens is 837 g/mol. The standard InChI is InChI=1S/C40H32F13NO6/c1-57-35(56)23-6-2-22(3-7-23)20-58-28-10-4-21(5-11-28)19-37(25-9-13-32(43)33(17-25)60-40(51,52)53,26-15-27(41)18-29(16-26)59-39(49,50)36(44)45)54-34(55)24-8-12-31(42)30(14-24)38(46,47)48/h4-5,8-18,22-23,36H,2-3,6-7,19-20H2,1H3,(H,54,55)/t22-,23-,37-/m1/s1. The minimum absolute atomic E-state index is 0.0474. The summed E-state index contributed by atoms with van der Waals surface area (Å²) in [6, 6.07) is 9.16. The first-order valence-corrected chi connectivity index (χ1v) is 17.7. The van der Waals surface area contributed by atoms with Crippen LogP contribution in [0.4, 0.5) is 57.1 Å². The summed E-state index contributed by atoms with van der Waals surface area (Å²) >= 11 is 0. The summed E-state index contributed by atoms with van der Waals surface area (Å²) < 4.78 is 199. The van der Waals surface area contributed by atoms with Gasteiger partial charge in [-0.25, -0.2) is 13.2 Å². The van der Waals surface area contributed by atoms with Gasteiger partial charge in [-0.3, -0.25) is 9.59 Å². The lowest BCUT2D eigenvalue weighted by atomic mass is 9.77. The van der Waals surface area contributed by atoms with E-state index in [1.54, 1.807) is 0 Å². The van der Waals surface area contributed by atoms with Crippen LogP contribution in [0.1, 0.15) is 58.3 Å². The average Bonchev–Trinajstić information content (AvgIpc) is 3.16. The van der Waals surface area contributed by atoms with Crippen molar-refractivity contribution in [3.8, 4) is 17.2 Å². The molecular formula is C40H32F13NO6. The highest BCUT2D eigenvalue weighted by Crippen LogP contribution is 2.41. The van der Waals surface area contributed by atoms with Crippen LogP contribution >= 0.6 is 0 Å². The van der Waals surface area contributed by atoms with Crippen molar-refractivity contribution in [2.75, 3.05) is 13.7 Å². The number of alkyl halides is 10. The van der Waals surface area contributed by atoms with E-state index in [0.29, 0.717) is 56.0 Å². The molecule has 1 aliphatic carbocycles. The van der Waals surface area contributed by atoms with Gasteiger partial charge < -0.3 is 24.3 Å². The minimum Gasteiger partial charge on any atom is -0.493 e. The average molecular weight is 870 g/mol. The monoisotopic (exact) mass is 869 g/mol. The summed E-state index contributed by atoms with van der Waals surface area (Å²) in [6.45, 7) is 0.206. The number of methoxy groups -OCH3 is 1. The van der Waals surface area contributed by atoms with Crippen LogP contribution in [0.2, 0.25) is 0 Å². The fraction of sp³-hybridized carbons (Fsp3) is 0.350. The molecule has 0 heterocycles. The summed E-state index contributed by atoms with van der Waals surface area (Å²) in [5.74, 6) is -9.61. The van der Waals surface area contributed by atoms with Gasteiger partial charge in [-0.05, 0) is 103 Å². The van der Waals surface area contributed by atoms with Gasteiger partial charge in [0.2, 0.25) is 0 Å². The van der Waals surface area contributed by atoms with E-state index in [9.17, 15) is 62.3 Å². The van der Waals surface area contributed by atoms with Gasteiger partial charge in [-0.15, -0.1) is 13.2 Å². The van der Waals surface area contributed by atoms with E-state index in [4.69, 9.17) is 9.47 Å². The van der Waals surface area contributed by atoms with Crippen LogP contribution in [0.25, 0.3) is 0 Å². The van der Waals surface area contributed by atoms with Crippen molar-refractivity contribution >= 4 is 11.9 Å². The number of carbonyl (C=O) groups excluding carboxylic acids is 2. The van der Waals surface area contributed by atoms with Gasteiger partial charge >= 0.3 is 31.0 Å². The van der Waals surface area contributed by atoms with E-state index in [2.05, 4.69) is 14.8 Å². The second-order valence-corrected chi connectivity index (χ2v) is 13.8. The van der Waals surface area contributed by atoms with Crippen molar-refractivity contribution in [3.05, 3.63) is 124 Å². The summed E-state index contributed by atoms with van der Waals surface area (Å²) in [5, 5.41) is 2.26. The second-order valence-electron chi connectivity index (χ2n) is 13.8. The van der Waals surface area contributed by atoms with Crippen LogP contribution in [0, 0.1) is 29.3 Å². The summed E-state index contributed by atoms with van der Waals surface area (Å²) in [7, 11) is 1.29. The number of amides is 1. The molecule has 1 aliphatic rings. The van der Waals surface area contributed by atoms with E-state index in [1.807, 2.05) is 0 Å². The molecule has 1 amide bonds. The van der Waals surface area contributed by atoms with Gasteiger partial charge in [0.05, 0.1) is 30.7 Å². The Morgan fingerprint density at radius 3 is 1.98 bits per heavy atom. The molecule has 324 valence electrons. The summed E-state index contributed by atoms with van der Waals surface area (Å²) in [4.78, 5) is 25.8. The highest BCUT2D eigenvalue weighted by Gasteiger charge is 2.45. The van der Waals surface area contributed by atoms with Gasteiger partial charge in [0, 0.05) is 18.1 Å². The minimum atomic E-state index is -5.54. The van der Waals surface area contributed by atoms with Crippen LogP contribution in [0.5, 0.6) is 17.2 Å². The van der Waals surface area contributed by atoms with Gasteiger partial charge in [-0.1, -0.05) is 18.2 Å². The Bertz CT molecular complexity index is 2150. The number of halogens is 13. The highest BCUT2D eigenvalue weighted by atomic mass is 19.4. The first-order valence-electron chi connectivity index (χ1n) is 17.7. The van der Waals surface area contributed by atoms with Crippen molar-refractivity contribution in [1.82, 2.24) is 5.32 Å². The lowest BCUT2D eigenvalue weighted by Crippen LogP contribution is -2.49. The Morgan fingerprint density at radius 2 is 1.38 bits per heavy atom. The molecule has 1 saturated carbocycles. The fourth-order valence-corrected chi connectivity index (χ4v) is 6.71. The van der Waals surface area contributed by atoms with Crippen LogP contribution in [-0.2, 0) is 27.7 Å². The Hall–Kier alpha value is -5.69. The molecule has 5 rings (SSSR count). The Kier molecular flexibility index (Phi) is 13.5. The molecule has 20 heteroatoms. The third-order valence-corrected chi connectivity index (χ3v) is 9.64. The first kappa shape index (κ1) is 45.4. The molecule has 7 nitrogen and oxygen atoms in total. The zero-order valence-corrected chi connectivity index (χ0v) is 30.8. The maximum atomic E-state index is 15.3. The third kappa shape index (κ3) is 11.1. The summed E-state index contributed by atoms with van der Waals surface area (Å²) in [5.41, 5.74) is -6.82. The maximum absolute atomic E-state index is 15.3. The second kappa shape index (κ2) is 17.9. The molecule has 60 heavy (non-hydrogen) atoms. The molecule has 0 radical (unpaired) electrons. The molecule has 0 unspecified atom stereocenters. The molecule has 1 atom stereocenters. The molecule has 0 bridgehead atoms. The normalized spacial score (nSPS) is 17.1. The Morgan fingerprint density at radius 1 is 0.733 bits per heavy atom. The van der Waals surface area contributed by atoms with E-state index in [-0.39, 0.29) is 53.9 Å². The third-order valence-electron chi connectivity index (χ3n) is 9.64. The number of rotatable bonds is 14. The number of carbonyl (C=O) groups is 2. The van der Waals surface area contributed by atoms with E-state index in [1.165, 1.54) is 31.4 Å². The number of benzene rings is 4. The first-order chi connectivity index (χ1) is 28.0.